The van der Waals surface area contributed by atoms with Crippen molar-refractivity contribution >= 4 is 28.8 Å². The van der Waals surface area contributed by atoms with Crippen molar-refractivity contribution in [1.29, 1.82) is 0 Å². The SMILES string of the molecule is CCn1c(=O)c(C)nc2cc(C(=O)N3CCC4(CCCCNC(=O)c5ccccc5OC[C@@H](C)NC4=O)CC3)ccc21. The molecule has 1 saturated heterocycles. The van der Waals surface area contributed by atoms with E-state index in [9.17, 15) is 19.2 Å². The molecule has 222 valence electrons. The van der Waals surface area contributed by atoms with Crippen LogP contribution in [0.1, 0.15) is 72.4 Å². The van der Waals surface area contributed by atoms with E-state index in [4.69, 9.17) is 4.74 Å². The molecule has 42 heavy (non-hydrogen) atoms. The zero-order valence-electron chi connectivity index (χ0n) is 24.6. The lowest BCUT2D eigenvalue weighted by Gasteiger charge is -2.41. The lowest BCUT2D eigenvalue weighted by molar-refractivity contribution is -0.135. The van der Waals surface area contributed by atoms with Crippen molar-refractivity contribution < 1.29 is 19.1 Å². The number of hydrogen-bond donors (Lipinski definition) is 2. The van der Waals surface area contributed by atoms with Crippen molar-refractivity contribution in [1.82, 2.24) is 25.1 Å². The normalized spacial score (nSPS) is 19.8. The van der Waals surface area contributed by atoms with Crippen LogP contribution in [0.3, 0.4) is 0 Å². The van der Waals surface area contributed by atoms with E-state index in [0.717, 1.165) is 12.8 Å². The molecule has 3 heterocycles. The maximum absolute atomic E-state index is 13.7. The summed E-state index contributed by atoms with van der Waals surface area (Å²) in [7, 11) is 0. The summed E-state index contributed by atoms with van der Waals surface area (Å²) in [5.74, 6) is 0.206. The number of fused-ring (bicyclic) bond motifs is 2. The smallest absolute Gasteiger partial charge is 0.272 e. The fourth-order valence-electron chi connectivity index (χ4n) is 6.03. The van der Waals surface area contributed by atoms with Crippen molar-refractivity contribution in [3.63, 3.8) is 0 Å². The Labute approximate surface area is 245 Å². The predicted octanol–water partition coefficient (Wildman–Crippen LogP) is 3.44. The number of aryl methyl sites for hydroxylation is 2. The van der Waals surface area contributed by atoms with Crippen LogP contribution in [0.4, 0.5) is 0 Å². The number of rotatable bonds is 2. The van der Waals surface area contributed by atoms with Gasteiger partial charge in [-0.05, 0) is 76.8 Å². The first kappa shape index (κ1) is 29.3. The summed E-state index contributed by atoms with van der Waals surface area (Å²) < 4.78 is 7.61. The minimum Gasteiger partial charge on any atom is -0.491 e. The predicted molar refractivity (Wildman–Crippen MR) is 160 cm³/mol. The van der Waals surface area contributed by atoms with Crippen molar-refractivity contribution in [2.24, 2.45) is 5.41 Å². The summed E-state index contributed by atoms with van der Waals surface area (Å²) in [6, 6.07) is 12.2. The molecular weight excluding hydrogens is 534 g/mol. The number of ether oxygens (including phenoxy) is 1. The number of aromatic nitrogens is 2. The molecule has 0 radical (unpaired) electrons. The van der Waals surface area contributed by atoms with Crippen LogP contribution in [0.5, 0.6) is 5.75 Å². The zero-order valence-corrected chi connectivity index (χ0v) is 24.6. The standard InChI is InChI=1S/C32H39N5O5/c1-4-37-26-12-11-23(19-25(26)35-22(3)29(37)39)30(40)36-17-14-32(15-18-36)13-7-8-16-33-28(38)24-9-5-6-10-27(24)42-20-21(2)34-31(32)41/h5-6,9-12,19,21H,4,7-8,13-18,20H2,1-3H3,(H,33,38)(H,34,41)/t21-/m1/s1. The summed E-state index contributed by atoms with van der Waals surface area (Å²) in [6.45, 7) is 7.67. The van der Waals surface area contributed by atoms with Crippen molar-refractivity contribution in [3.8, 4) is 5.75 Å². The molecule has 0 unspecified atom stereocenters. The largest absolute Gasteiger partial charge is 0.491 e. The topological polar surface area (TPSA) is 123 Å². The molecule has 2 N–H and O–H groups in total. The first-order valence-electron chi connectivity index (χ1n) is 14.8. The van der Waals surface area contributed by atoms with Gasteiger partial charge in [-0.3, -0.25) is 19.2 Å². The van der Waals surface area contributed by atoms with Gasteiger partial charge in [0.25, 0.3) is 17.4 Å². The highest BCUT2D eigenvalue weighted by molar-refractivity contribution is 5.98. The molecule has 0 aliphatic carbocycles. The van der Waals surface area contributed by atoms with Gasteiger partial charge in [-0.2, -0.15) is 0 Å². The van der Waals surface area contributed by atoms with Crippen LogP contribution in [0.15, 0.2) is 47.3 Å². The Hall–Kier alpha value is -4.21. The van der Waals surface area contributed by atoms with Gasteiger partial charge in [-0.1, -0.05) is 18.6 Å². The fourth-order valence-corrected chi connectivity index (χ4v) is 6.03. The van der Waals surface area contributed by atoms with Gasteiger partial charge in [0.15, 0.2) is 0 Å². The van der Waals surface area contributed by atoms with Crippen LogP contribution in [-0.2, 0) is 11.3 Å². The molecule has 2 aromatic carbocycles. The summed E-state index contributed by atoms with van der Waals surface area (Å²) >= 11 is 0. The van der Waals surface area contributed by atoms with Crippen LogP contribution in [0.25, 0.3) is 11.0 Å². The average Bonchev–Trinajstić information content (AvgIpc) is 3.00. The molecule has 1 atom stereocenters. The average molecular weight is 574 g/mol. The molecule has 1 aromatic heterocycles. The lowest BCUT2D eigenvalue weighted by atomic mass is 9.73. The third-order valence-electron chi connectivity index (χ3n) is 8.53. The summed E-state index contributed by atoms with van der Waals surface area (Å²) in [4.78, 5) is 58.7. The van der Waals surface area contributed by atoms with E-state index in [2.05, 4.69) is 15.6 Å². The molecule has 1 fully saturated rings. The zero-order chi connectivity index (χ0) is 29.9. The minimum absolute atomic E-state index is 0.0111. The number of para-hydroxylation sites is 1. The molecule has 0 bridgehead atoms. The van der Waals surface area contributed by atoms with Crippen LogP contribution >= 0.6 is 0 Å². The number of nitrogens with one attached hydrogen (secondary N) is 2. The molecule has 10 heteroatoms. The van der Waals surface area contributed by atoms with Gasteiger partial charge in [0.1, 0.15) is 18.1 Å². The first-order chi connectivity index (χ1) is 20.2. The Morgan fingerprint density at radius 1 is 1.07 bits per heavy atom. The second-order valence-corrected chi connectivity index (χ2v) is 11.4. The van der Waals surface area contributed by atoms with Crippen molar-refractivity contribution in [2.45, 2.75) is 65.5 Å². The van der Waals surface area contributed by atoms with Crippen LogP contribution < -0.4 is 20.9 Å². The lowest BCUT2D eigenvalue weighted by Crippen LogP contribution is -2.52. The Morgan fingerprint density at radius 3 is 2.60 bits per heavy atom. The van der Waals surface area contributed by atoms with Gasteiger partial charge in [0.05, 0.1) is 28.1 Å². The Bertz CT molecular complexity index is 1560. The monoisotopic (exact) mass is 573 g/mol. The molecule has 2 aliphatic heterocycles. The maximum Gasteiger partial charge on any atom is 0.272 e. The number of amides is 3. The molecule has 3 amide bonds. The summed E-state index contributed by atoms with van der Waals surface area (Å²) in [5.41, 5.74) is 2.00. The number of piperidine rings is 1. The van der Waals surface area contributed by atoms with Crippen molar-refractivity contribution in [3.05, 3.63) is 69.6 Å². The second-order valence-electron chi connectivity index (χ2n) is 11.4. The third-order valence-corrected chi connectivity index (χ3v) is 8.53. The van der Waals surface area contributed by atoms with E-state index in [-0.39, 0.29) is 35.9 Å². The van der Waals surface area contributed by atoms with E-state index < -0.39 is 5.41 Å². The number of likely N-dealkylation sites (tertiary alicyclic amines) is 1. The molecule has 2 aliphatic rings. The third kappa shape index (κ3) is 5.89. The van der Waals surface area contributed by atoms with E-state index in [1.807, 2.05) is 19.9 Å². The number of benzene rings is 2. The van der Waals surface area contributed by atoms with Crippen molar-refractivity contribution in [2.75, 3.05) is 26.2 Å². The number of nitrogens with zero attached hydrogens (tertiary/aromatic N) is 3. The molecule has 5 rings (SSSR count). The number of carbonyl (C=O) groups is 3. The molecule has 10 nitrogen and oxygen atoms in total. The maximum atomic E-state index is 13.7. The minimum atomic E-state index is -0.601. The van der Waals surface area contributed by atoms with Crippen LogP contribution in [-0.4, -0.2) is 64.5 Å². The van der Waals surface area contributed by atoms with Gasteiger partial charge >= 0.3 is 0 Å². The quantitative estimate of drug-likeness (QED) is 0.484. The molecular formula is C32H39N5O5. The van der Waals surface area contributed by atoms with Gasteiger partial charge < -0.3 is 24.8 Å². The Kier molecular flexibility index (Phi) is 8.61. The van der Waals surface area contributed by atoms with E-state index >= 15 is 0 Å². The van der Waals surface area contributed by atoms with Gasteiger partial charge in [0.2, 0.25) is 5.91 Å². The number of carbonyl (C=O) groups excluding carboxylic acids is 3. The van der Waals surface area contributed by atoms with Gasteiger partial charge in [-0.25, -0.2) is 4.98 Å². The Balaban J connectivity index is 1.30. The van der Waals surface area contributed by atoms with E-state index in [1.165, 1.54) is 0 Å². The molecule has 1 spiro atoms. The number of hydrogen-bond acceptors (Lipinski definition) is 6. The van der Waals surface area contributed by atoms with E-state index in [0.29, 0.717) is 79.0 Å². The summed E-state index contributed by atoms with van der Waals surface area (Å²) in [6.07, 6.45) is 3.30. The highest BCUT2D eigenvalue weighted by atomic mass is 16.5. The fraction of sp³-hybridized carbons (Fsp3) is 0.469. The van der Waals surface area contributed by atoms with Crippen LogP contribution in [0, 0.1) is 12.3 Å². The van der Waals surface area contributed by atoms with Gasteiger partial charge in [0, 0.05) is 31.7 Å². The second kappa shape index (κ2) is 12.3. The summed E-state index contributed by atoms with van der Waals surface area (Å²) in [5, 5.41) is 6.13. The highest BCUT2D eigenvalue weighted by Gasteiger charge is 2.42. The van der Waals surface area contributed by atoms with Crippen LogP contribution in [0.2, 0.25) is 0 Å². The molecule has 3 aromatic rings. The first-order valence-corrected chi connectivity index (χ1v) is 14.8. The van der Waals surface area contributed by atoms with Gasteiger partial charge in [-0.15, -0.1) is 0 Å². The highest BCUT2D eigenvalue weighted by Crippen LogP contribution is 2.38. The Morgan fingerprint density at radius 2 is 1.83 bits per heavy atom. The molecule has 0 saturated carbocycles. The van der Waals surface area contributed by atoms with E-state index in [1.54, 1.807) is 52.8 Å².